The van der Waals surface area contributed by atoms with Gasteiger partial charge < -0.3 is 10.1 Å². The zero-order chi connectivity index (χ0) is 27.7. The molecule has 2 N–H and O–H groups in total. The summed E-state index contributed by atoms with van der Waals surface area (Å²) < 4.78 is 20.9. The lowest BCUT2D eigenvalue weighted by Crippen LogP contribution is -2.54. The minimum atomic E-state index is -1.04. The standard InChI is InChI=1S/C29H33FN4O5/c1-3-39-29(2)11-13-33(14-12-29)17-18-7-8-19(21(30)15-18)16-31-22-6-4-5-20-25(22)28(38)34(27(20)37)23-9-10-24(35)32-26(23)36/h4-8,15,23,31H,3,9-14,16-17H2,1-2H3,(H,32,35,36). The lowest BCUT2D eigenvalue weighted by molar-refractivity contribution is -0.136. The number of nitrogens with zero attached hydrogens (tertiary/aromatic N) is 2. The van der Waals surface area contributed by atoms with Crippen LogP contribution < -0.4 is 10.6 Å². The molecule has 0 saturated carbocycles. The summed E-state index contributed by atoms with van der Waals surface area (Å²) in [6, 6.07) is 8.96. The van der Waals surface area contributed by atoms with Crippen LogP contribution in [-0.2, 0) is 27.4 Å². The summed E-state index contributed by atoms with van der Waals surface area (Å²) >= 11 is 0. The molecule has 3 heterocycles. The van der Waals surface area contributed by atoms with Gasteiger partial charge in [-0.1, -0.05) is 18.2 Å². The molecule has 39 heavy (non-hydrogen) atoms. The number of halogens is 1. The highest BCUT2D eigenvalue weighted by Crippen LogP contribution is 2.33. The molecule has 2 aromatic carbocycles. The van der Waals surface area contributed by atoms with Gasteiger partial charge >= 0.3 is 0 Å². The van der Waals surface area contributed by atoms with Gasteiger partial charge in [-0.3, -0.25) is 34.3 Å². The van der Waals surface area contributed by atoms with Crippen molar-refractivity contribution in [3.05, 3.63) is 64.5 Å². The van der Waals surface area contributed by atoms with Crippen molar-refractivity contribution in [1.29, 1.82) is 0 Å². The van der Waals surface area contributed by atoms with E-state index in [-0.39, 0.29) is 41.9 Å². The molecular formula is C29H33FN4O5. The molecule has 3 aliphatic heterocycles. The smallest absolute Gasteiger partial charge is 0.264 e. The number of ether oxygens (including phenoxy) is 1. The Balaban J connectivity index is 1.24. The van der Waals surface area contributed by atoms with Crippen molar-refractivity contribution >= 4 is 29.3 Å². The molecule has 0 spiro atoms. The van der Waals surface area contributed by atoms with Crippen LogP contribution in [0.1, 0.15) is 71.4 Å². The highest BCUT2D eigenvalue weighted by Gasteiger charge is 2.45. The maximum atomic E-state index is 15.0. The van der Waals surface area contributed by atoms with Crippen molar-refractivity contribution in [2.45, 2.75) is 64.3 Å². The quantitative estimate of drug-likeness (QED) is 0.499. The van der Waals surface area contributed by atoms with Crippen molar-refractivity contribution in [3.63, 3.8) is 0 Å². The molecule has 4 amide bonds. The van der Waals surface area contributed by atoms with Crippen molar-refractivity contribution in [1.82, 2.24) is 15.1 Å². The summed E-state index contributed by atoms with van der Waals surface area (Å²) in [4.78, 5) is 53.4. The van der Waals surface area contributed by atoms with Crippen LogP contribution >= 0.6 is 0 Å². The third kappa shape index (κ3) is 5.44. The van der Waals surface area contributed by atoms with Gasteiger partial charge in [0.2, 0.25) is 11.8 Å². The van der Waals surface area contributed by atoms with Crippen LogP contribution in [0.25, 0.3) is 0 Å². The van der Waals surface area contributed by atoms with E-state index in [0.29, 0.717) is 24.4 Å². The van der Waals surface area contributed by atoms with Crippen LogP contribution in [0.2, 0.25) is 0 Å². The summed E-state index contributed by atoms with van der Waals surface area (Å²) in [7, 11) is 0. The number of nitrogens with one attached hydrogen (secondary N) is 2. The number of anilines is 1. The number of carbonyl (C=O) groups is 4. The number of fused-ring (bicyclic) bond motifs is 1. The van der Waals surface area contributed by atoms with Gasteiger partial charge in [0.25, 0.3) is 11.8 Å². The number of imide groups is 2. The Morgan fingerprint density at radius 1 is 1.10 bits per heavy atom. The van der Waals surface area contributed by atoms with Gasteiger partial charge in [0, 0.05) is 50.5 Å². The van der Waals surface area contributed by atoms with E-state index < -0.39 is 29.7 Å². The zero-order valence-electron chi connectivity index (χ0n) is 22.2. The van der Waals surface area contributed by atoms with E-state index in [1.54, 1.807) is 24.3 Å². The molecule has 3 aliphatic rings. The SMILES string of the molecule is CCOC1(C)CCN(Cc2ccc(CNc3cccc4c3C(=O)N(C3CCC(=O)NC3=O)C4=O)c(F)c2)CC1. The summed E-state index contributed by atoms with van der Waals surface area (Å²) in [5.41, 5.74) is 1.93. The van der Waals surface area contributed by atoms with E-state index in [2.05, 4.69) is 22.5 Å². The van der Waals surface area contributed by atoms with Crippen LogP contribution in [0.3, 0.4) is 0 Å². The second-order valence-electron chi connectivity index (χ2n) is 10.6. The van der Waals surface area contributed by atoms with Gasteiger partial charge in [0.1, 0.15) is 11.9 Å². The molecule has 2 saturated heterocycles. The van der Waals surface area contributed by atoms with E-state index in [1.165, 1.54) is 6.07 Å². The van der Waals surface area contributed by atoms with Gasteiger partial charge in [-0.25, -0.2) is 4.39 Å². The number of carbonyl (C=O) groups excluding carboxylic acids is 4. The first-order chi connectivity index (χ1) is 18.7. The van der Waals surface area contributed by atoms with Crippen LogP contribution in [-0.4, -0.2) is 64.8 Å². The first-order valence-corrected chi connectivity index (χ1v) is 13.4. The third-order valence-electron chi connectivity index (χ3n) is 7.87. The molecule has 5 rings (SSSR count). The van der Waals surface area contributed by atoms with Crippen LogP contribution in [0.4, 0.5) is 10.1 Å². The molecule has 1 atom stereocenters. The zero-order valence-corrected chi connectivity index (χ0v) is 22.2. The van der Waals surface area contributed by atoms with Gasteiger partial charge in [0.15, 0.2) is 0 Å². The van der Waals surface area contributed by atoms with E-state index in [0.717, 1.165) is 36.4 Å². The average molecular weight is 537 g/mol. The van der Waals surface area contributed by atoms with Gasteiger partial charge in [-0.15, -0.1) is 0 Å². The predicted octanol–water partition coefficient (Wildman–Crippen LogP) is 3.23. The number of amides is 4. The van der Waals surface area contributed by atoms with Crippen LogP contribution in [0.5, 0.6) is 0 Å². The summed E-state index contributed by atoms with van der Waals surface area (Å²) in [6.07, 6.45) is 2.01. The van der Waals surface area contributed by atoms with Gasteiger partial charge in [0.05, 0.1) is 16.7 Å². The number of benzene rings is 2. The molecule has 0 aromatic heterocycles. The topological polar surface area (TPSA) is 108 Å². The van der Waals surface area contributed by atoms with Crippen molar-refractivity contribution < 1.29 is 28.3 Å². The molecule has 9 nitrogen and oxygen atoms in total. The van der Waals surface area contributed by atoms with E-state index in [9.17, 15) is 19.2 Å². The van der Waals surface area contributed by atoms with Crippen LogP contribution in [0, 0.1) is 5.82 Å². The second kappa shape index (κ2) is 10.9. The Kier molecular flexibility index (Phi) is 7.51. The summed E-state index contributed by atoms with van der Waals surface area (Å²) in [5.74, 6) is -2.63. The normalized spacial score (nSPS) is 21.2. The number of hydrogen-bond donors (Lipinski definition) is 2. The lowest BCUT2D eigenvalue weighted by Gasteiger charge is -2.39. The summed E-state index contributed by atoms with van der Waals surface area (Å²) in [6.45, 7) is 7.41. The third-order valence-corrected chi connectivity index (χ3v) is 7.87. The Morgan fingerprint density at radius 3 is 2.56 bits per heavy atom. The second-order valence-corrected chi connectivity index (χ2v) is 10.6. The molecular weight excluding hydrogens is 503 g/mol. The fraction of sp³-hybridized carbons (Fsp3) is 0.448. The predicted molar refractivity (Wildman–Crippen MR) is 141 cm³/mol. The molecule has 10 heteroatoms. The minimum absolute atomic E-state index is 0.0502. The molecule has 206 valence electrons. The Morgan fingerprint density at radius 2 is 1.87 bits per heavy atom. The van der Waals surface area contributed by atoms with Crippen molar-refractivity contribution in [3.8, 4) is 0 Å². The van der Waals surface area contributed by atoms with Gasteiger partial charge in [-0.05, 0) is 56.9 Å². The monoisotopic (exact) mass is 536 g/mol. The molecule has 1 unspecified atom stereocenters. The molecule has 0 aliphatic carbocycles. The Bertz CT molecular complexity index is 1320. The largest absolute Gasteiger partial charge is 0.380 e. The maximum absolute atomic E-state index is 15.0. The molecule has 0 bridgehead atoms. The minimum Gasteiger partial charge on any atom is -0.380 e. The number of piperidine rings is 2. The fourth-order valence-electron chi connectivity index (χ4n) is 5.62. The van der Waals surface area contributed by atoms with E-state index in [1.807, 2.05) is 13.0 Å². The number of rotatable bonds is 8. The molecule has 2 aromatic rings. The number of hydrogen-bond acceptors (Lipinski definition) is 7. The highest BCUT2D eigenvalue weighted by atomic mass is 19.1. The maximum Gasteiger partial charge on any atom is 0.264 e. The van der Waals surface area contributed by atoms with E-state index >= 15 is 4.39 Å². The highest BCUT2D eigenvalue weighted by molar-refractivity contribution is 6.25. The van der Waals surface area contributed by atoms with Crippen molar-refractivity contribution in [2.24, 2.45) is 0 Å². The van der Waals surface area contributed by atoms with E-state index in [4.69, 9.17) is 4.74 Å². The molecule has 2 fully saturated rings. The Hall–Kier alpha value is -3.63. The first-order valence-electron chi connectivity index (χ1n) is 13.4. The molecule has 0 radical (unpaired) electrons. The number of likely N-dealkylation sites (tertiary alicyclic amines) is 1. The average Bonchev–Trinajstić information content (AvgIpc) is 3.15. The lowest BCUT2D eigenvalue weighted by atomic mass is 9.93. The fourth-order valence-corrected chi connectivity index (χ4v) is 5.62. The first kappa shape index (κ1) is 27.0. The van der Waals surface area contributed by atoms with Crippen LogP contribution in [0.15, 0.2) is 36.4 Å². The van der Waals surface area contributed by atoms with Gasteiger partial charge in [-0.2, -0.15) is 0 Å². The Labute approximate surface area is 226 Å². The summed E-state index contributed by atoms with van der Waals surface area (Å²) in [5, 5.41) is 5.29. The van der Waals surface area contributed by atoms with Crippen molar-refractivity contribution in [2.75, 3.05) is 25.0 Å².